The molecule has 24 heavy (non-hydrogen) atoms. The lowest BCUT2D eigenvalue weighted by atomic mass is 10.2. The first kappa shape index (κ1) is 18.1. The van der Waals surface area contributed by atoms with Gasteiger partial charge in [0.15, 0.2) is 0 Å². The molecule has 0 atom stereocenters. The van der Waals surface area contributed by atoms with Gasteiger partial charge in [-0.15, -0.1) is 0 Å². The zero-order chi connectivity index (χ0) is 17.9. The van der Waals surface area contributed by atoms with Gasteiger partial charge in [0.2, 0.25) is 15.9 Å². The van der Waals surface area contributed by atoms with Crippen molar-refractivity contribution in [2.75, 3.05) is 18.9 Å². The van der Waals surface area contributed by atoms with Crippen LogP contribution in [0, 0.1) is 19.7 Å². The van der Waals surface area contributed by atoms with Crippen LogP contribution in [0.25, 0.3) is 0 Å². The van der Waals surface area contributed by atoms with Crippen molar-refractivity contribution in [3.8, 4) is 0 Å². The van der Waals surface area contributed by atoms with Crippen LogP contribution >= 0.6 is 0 Å². The van der Waals surface area contributed by atoms with Crippen molar-refractivity contribution in [2.24, 2.45) is 0 Å². The van der Waals surface area contributed by atoms with Gasteiger partial charge in [-0.2, -0.15) is 4.31 Å². The normalized spacial score (nSPS) is 11.5. The molecule has 0 fully saturated rings. The van der Waals surface area contributed by atoms with Gasteiger partial charge in [0.1, 0.15) is 10.7 Å². The smallest absolute Gasteiger partial charge is 0.246 e. The number of hydrogen-bond acceptors (Lipinski definition) is 3. The molecular formula is C17H19FN2O3S. The van der Waals surface area contributed by atoms with E-state index >= 15 is 0 Å². The molecule has 1 amide bonds. The second-order valence-electron chi connectivity index (χ2n) is 5.61. The van der Waals surface area contributed by atoms with Crippen LogP contribution in [0.5, 0.6) is 0 Å². The van der Waals surface area contributed by atoms with E-state index in [4.69, 9.17) is 0 Å². The van der Waals surface area contributed by atoms with Crippen LogP contribution in [-0.4, -0.2) is 32.2 Å². The van der Waals surface area contributed by atoms with E-state index in [2.05, 4.69) is 5.32 Å². The Morgan fingerprint density at radius 3 is 2.29 bits per heavy atom. The van der Waals surface area contributed by atoms with E-state index in [1.54, 1.807) is 19.1 Å². The molecule has 128 valence electrons. The minimum atomic E-state index is -4.09. The number of hydrogen-bond donors (Lipinski definition) is 1. The zero-order valence-electron chi connectivity index (χ0n) is 13.7. The average Bonchev–Trinajstić information content (AvgIpc) is 2.51. The van der Waals surface area contributed by atoms with Gasteiger partial charge in [0.05, 0.1) is 6.54 Å². The van der Waals surface area contributed by atoms with E-state index in [1.165, 1.54) is 19.2 Å². The molecular weight excluding hydrogens is 331 g/mol. The lowest BCUT2D eigenvalue weighted by Gasteiger charge is -2.17. The molecule has 0 saturated heterocycles. The van der Waals surface area contributed by atoms with Crippen molar-refractivity contribution in [1.82, 2.24) is 4.31 Å². The number of nitrogens with zero attached hydrogens (tertiary/aromatic N) is 1. The third-order valence-corrected chi connectivity index (χ3v) is 5.29. The second-order valence-corrected chi connectivity index (χ2v) is 7.62. The summed E-state index contributed by atoms with van der Waals surface area (Å²) in [6, 6.07) is 10.9. The van der Waals surface area contributed by atoms with Crippen molar-refractivity contribution in [2.45, 2.75) is 18.7 Å². The van der Waals surface area contributed by atoms with Gasteiger partial charge in [-0.25, -0.2) is 12.8 Å². The van der Waals surface area contributed by atoms with Gasteiger partial charge in [-0.05, 0) is 43.7 Å². The summed E-state index contributed by atoms with van der Waals surface area (Å²) in [6.07, 6.45) is 0. The largest absolute Gasteiger partial charge is 0.325 e. The Kier molecular flexibility index (Phi) is 5.36. The predicted molar refractivity (Wildman–Crippen MR) is 90.8 cm³/mol. The maximum Gasteiger partial charge on any atom is 0.246 e. The molecule has 0 radical (unpaired) electrons. The number of carbonyl (C=O) groups excluding carboxylic acids is 1. The SMILES string of the molecule is Cc1ccc(NC(=O)CN(C)S(=O)(=O)c2cc(C)ccc2F)cc1. The number of likely N-dealkylation sites (N-methyl/N-ethyl adjacent to an activating group) is 1. The Bertz CT molecular complexity index is 849. The van der Waals surface area contributed by atoms with Crippen LogP contribution < -0.4 is 5.32 Å². The van der Waals surface area contributed by atoms with Crippen molar-refractivity contribution in [3.63, 3.8) is 0 Å². The summed E-state index contributed by atoms with van der Waals surface area (Å²) in [4.78, 5) is 11.6. The molecule has 0 saturated carbocycles. The second kappa shape index (κ2) is 7.11. The Labute approximate surface area is 141 Å². The minimum absolute atomic E-state index is 0.413. The number of anilines is 1. The van der Waals surface area contributed by atoms with E-state index < -0.39 is 33.2 Å². The number of benzene rings is 2. The molecule has 0 spiro atoms. The third-order valence-electron chi connectivity index (χ3n) is 3.48. The van der Waals surface area contributed by atoms with Crippen molar-refractivity contribution in [1.29, 1.82) is 0 Å². The van der Waals surface area contributed by atoms with Crippen molar-refractivity contribution < 1.29 is 17.6 Å². The quantitative estimate of drug-likeness (QED) is 0.902. The Balaban J connectivity index is 2.12. The number of rotatable bonds is 5. The summed E-state index contributed by atoms with van der Waals surface area (Å²) in [7, 11) is -2.85. The number of carbonyl (C=O) groups is 1. The number of nitrogens with one attached hydrogen (secondary N) is 1. The van der Waals surface area contributed by atoms with Gasteiger partial charge in [0.25, 0.3) is 0 Å². The summed E-state index contributed by atoms with van der Waals surface area (Å²) in [5, 5.41) is 2.61. The van der Waals surface area contributed by atoms with Crippen LogP contribution in [-0.2, 0) is 14.8 Å². The molecule has 5 nitrogen and oxygen atoms in total. The van der Waals surface area contributed by atoms with Gasteiger partial charge in [0, 0.05) is 12.7 Å². The average molecular weight is 350 g/mol. The van der Waals surface area contributed by atoms with Crippen LogP contribution in [0.2, 0.25) is 0 Å². The number of aryl methyl sites for hydroxylation is 2. The van der Waals surface area contributed by atoms with Crippen molar-refractivity contribution in [3.05, 3.63) is 59.4 Å². The monoisotopic (exact) mass is 350 g/mol. The predicted octanol–water partition coefficient (Wildman–Crippen LogP) is 2.70. The van der Waals surface area contributed by atoms with E-state index in [-0.39, 0.29) is 0 Å². The maximum absolute atomic E-state index is 13.8. The summed E-state index contributed by atoms with van der Waals surface area (Å²) in [6.45, 7) is 3.18. The highest BCUT2D eigenvalue weighted by Gasteiger charge is 2.26. The highest BCUT2D eigenvalue weighted by molar-refractivity contribution is 7.89. The molecule has 7 heteroatoms. The Hall–Kier alpha value is -2.25. The standard InChI is InChI=1S/C17H19FN2O3S/c1-12-4-7-14(8-5-12)19-17(21)11-20(3)24(22,23)16-10-13(2)6-9-15(16)18/h4-10H,11H2,1-3H3,(H,19,21). The first-order valence-corrected chi connectivity index (χ1v) is 8.73. The van der Waals surface area contributed by atoms with E-state index in [1.807, 2.05) is 19.1 Å². The summed E-state index contributed by atoms with van der Waals surface area (Å²) < 4.78 is 39.6. The molecule has 0 aromatic heterocycles. The maximum atomic E-state index is 13.8. The zero-order valence-corrected chi connectivity index (χ0v) is 14.5. The molecule has 2 rings (SSSR count). The van der Waals surface area contributed by atoms with Gasteiger partial charge >= 0.3 is 0 Å². The first-order valence-electron chi connectivity index (χ1n) is 7.29. The van der Waals surface area contributed by atoms with E-state index in [0.29, 0.717) is 11.3 Å². The van der Waals surface area contributed by atoms with Crippen LogP contribution in [0.4, 0.5) is 10.1 Å². The number of sulfonamides is 1. The molecule has 0 unspecified atom stereocenters. The molecule has 2 aromatic rings. The molecule has 0 aliphatic rings. The summed E-state index contributed by atoms with van der Waals surface area (Å²) in [5.41, 5.74) is 2.23. The lowest BCUT2D eigenvalue weighted by molar-refractivity contribution is -0.116. The molecule has 0 aliphatic heterocycles. The summed E-state index contributed by atoms with van der Waals surface area (Å²) >= 11 is 0. The van der Waals surface area contributed by atoms with Gasteiger partial charge in [-0.1, -0.05) is 23.8 Å². The van der Waals surface area contributed by atoms with Crippen molar-refractivity contribution >= 4 is 21.6 Å². The summed E-state index contributed by atoms with van der Waals surface area (Å²) in [5.74, 6) is -1.34. The highest BCUT2D eigenvalue weighted by atomic mass is 32.2. The van der Waals surface area contributed by atoms with Crippen LogP contribution in [0.1, 0.15) is 11.1 Å². The van der Waals surface area contributed by atoms with E-state index in [9.17, 15) is 17.6 Å². The van der Waals surface area contributed by atoms with Crippen LogP contribution in [0.15, 0.2) is 47.4 Å². The topological polar surface area (TPSA) is 66.5 Å². The molecule has 2 aromatic carbocycles. The lowest BCUT2D eigenvalue weighted by Crippen LogP contribution is -2.35. The fourth-order valence-electron chi connectivity index (χ4n) is 2.10. The third kappa shape index (κ3) is 4.18. The molecule has 0 aliphatic carbocycles. The molecule has 1 N–H and O–H groups in total. The fourth-order valence-corrected chi connectivity index (χ4v) is 3.37. The Morgan fingerprint density at radius 1 is 1.08 bits per heavy atom. The number of amides is 1. The fraction of sp³-hybridized carbons (Fsp3) is 0.235. The number of halogens is 1. The molecule has 0 heterocycles. The Morgan fingerprint density at radius 2 is 1.67 bits per heavy atom. The van der Waals surface area contributed by atoms with Gasteiger partial charge < -0.3 is 5.32 Å². The van der Waals surface area contributed by atoms with Crippen LogP contribution in [0.3, 0.4) is 0 Å². The van der Waals surface area contributed by atoms with Gasteiger partial charge in [-0.3, -0.25) is 4.79 Å². The highest BCUT2D eigenvalue weighted by Crippen LogP contribution is 2.19. The van der Waals surface area contributed by atoms with E-state index in [0.717, 1.165) is 15.9 Å². The first-order chi connectivity index (χ1) is 11.2. The molecule has 0 bridgehead atoms. The minimum Gasteiger partial charge on any atom is -0.325 e.